The zero-order chi connectivity index (χ0) is 14.1. The van der Waals surface area contributed by atoms with Crippen LogP contribution in [0, 0.1) is 0 Å². The predicted molar refractivity (Wildman–Crippen MR) is 81.4 cm³/mol. The van der Waals surface area contributed by atoms with Crippen molar-refractivity contribution in [3.05, 3.63) is 28.3 Å². The Bertz CT molecular complexity index is 494. The van der Waals surface area contributed by atoms with Gasteiger partial charge in [0.25, 0.3) is 0 Å². The SMILES string of the molecule is CN1CCN(Cc2cc(Cl)cc3c2OCC3)C(CN)C1. The van der Waals surface area contributed by atoms with Crippen LogP contribution >= 0.6 is 11.6 Å². The van der Waals surface area contributed by atoms with E-state index in [2.05, 4.69) is 16.8 Å². The number of nitrogens with zero attached hydrogens (tertiary/aromatic N) is 2. The summed E-state index contributed by atoms with van der Waals surface area (Å²) in [7, 11) is 2.15. The number of likely N-dealkylation sites (N-methyl/N-ethyl adjacent to an activating group) is 1. The molecule has 1 saturated heterocycles. The molecule has 1 aromatic rings. The summed E-state index contributed by atoms with van der Waals surface area (Å²) in [5, 5.41) is 0.808. The number of ether oxygens (including phenoxy) is 1. The van der Waals surface area contributed by atoms with Gasteiger partial charge in [0.05, 0.1) is 6.61 Å². The minimum absolute atomic E-state index is 0.407. The lowest BCUT2D eigenvalue weighted by Gasteiger charge is -2.39. The van der Waals surface area contributed by atoms with Crippen molar-refractivity contribution in [3.8, 4) is 5.75 Å². The monoisotopic (exact) mass is 295 g/mol. The van der Waals surface area contributed by atoms with E-state index in [1.807, 2.05) is 12.1 Å². The topological polar surface area (TPSA) is 41.7 Å². The van der Waals surface area contributed by atoms with E-state index in [9.17, 15) is 0 Å². The van der Waals surface area contributed by atoms with Gasteiger partial charge in [0.2, 0.25) is 0 Å². The van der Waals surface area contributed by atoms with Crippen LogP contribution in [0.1, 0.15) is 11.1 Å². The van der Waals surface area contributed by atoms with Crippen LogP contribution < -0.4 is 10.5 Å². The number of piperazine rings is 1. The summed E-state index contributed by atoms with van der Waals surface area (Å²) >= 11 is 6.23. The molecule has 2 heterocycles. The third-order valence-corrected chi connectivity index (χ3v) is 4.50. The first kappa shape index (κ1) is 14.1. The predicted octanol–water partition coefficient (Wildman–Crippen LogP) is 1.35. The lowest BCUT2D eigenvalue weighted by molar-refractivity contribution is 0.0873. The average Bonchev–Trinajstić information content (AvgIpc) is 2.88. The third kappa shape index (κ3) is 2.79. The maximum absolute atomic E-state index is 6.23. The molecule has 3 rings (SSSR count). The van der Waals surface area contributed by atoms with Crippen molar-refractivity contribution in [2.24, 2.45) is 5.73 Å². The molecule has 0 saturated carbocycles. The van der Waals surface area contributed by atoms with E-state index in [4.69, 9.17) is 22.1 Å². The van der Waals surface area contributed by atoms with E-state index in [-0.39, 0.29) is 0 Å². The third-order valence-electron chi connectivity index (χ3n) is 4.28. The summed E-state index contributed by atoms with van der Waals surface area (Å²) in [6.45, 7) is 5.48. The fourth-order valence-corrected chi connectivity index (χ4v) is 3.43. The van der Waals surface area contributed by atoms with Gasteiger partial charge in [-0.1, -0.05) is 11.6 Å². The van der Waals surface area contributed by atoms with Crippen molar-refractivity contribution >= 4 is 11.6 Å². The van der Waals surface area contributed by atoms with Gasteiger partial charge in [-0.15, -0.1) is 0 Å². The molecule has 1 unspecified atom stereocenters. The minimum atomic E-state index is 0.407. The molecule has 0 spiro atoms. The molecule has 20 heavy (non-hydrogen) atoms. The second-order valence-corrected chi connectivity index (χ2v) is 6.21. The van der Waals surface area contributed by atoms with E-state index < -0.39 is 0 Å². The second-order valence-electron chi connectivity index (χ2n) is 5.77. The van der Waals surface area contributed by atoms with Crippen LogP contribution in [-0.4, -0.2) is 55.7 Å². The van der Waals surface area contributed by atoms with E-state index in [0.717, 1.165) is 50.0 Å². The molecule has 0 amide bonds. The number of rotatable bonds is 3. The maximum atomic E-state index is 6.23. The highest BCUT2D eigenvalue weighted by Gasteiger charge is 2.26. The molecule has 0 radical (unpaired) electrons. The van der Waals surface area contributed by atoms with E-state index in [0.29, 0.717) is 12.6 Å². The van der Waals surface area contributed by atoms with Crippen LogP contribution in [0.4, 0.5) is 0 Å². The molecule has 1 atom stereocenters. The van der Waals surface area contributed by atoms with E-state index in [1.54, 1.807) is 0 Å². The highest BCUT2D eigenvalue weighted by atomic mass is 35.5. The highest BCUT2D eigenvalue weighted by molar-refractivity contribution is 6.30. The van der Waals surface area contributed by atoms with Gasteiger partial charge in [-0.25, -0.2) is 0 Å². The van der Waals surface area contributed by atoms with Gasteiger partial charge in [-0.2, -0.15) is 0 Å². The number of fused-ring (bicyclic) bond motifs is 1. The number of halogens is 1. The Morgan fingerprint density at radius 3 is 3.05 bits per heavy atom. The molecule has 2 aliphatic heterocycles. The Labute approximate surface area is 125 Å². The number of hydrogen-bond donors (Lipinski definition) is 1. The van der Waals surface area contributed by atoms with Gasteiger partial charge >= 0.3 is 0 Å². The zero-order valence-corrected chi connectivity index (χ0v) is 12.7. The van der Waals surface area contributed by atoms with Crippen molar-refractivity contribution in [3.63, 3.8) is 0 Å². The molecule has 1 aromatic carbocycles. The normalized spacial score (nSPS) is 23.6. The highest BCUT2D eigenvalue weighted by Crippen LogP contribution is 2.34. The molecule has 0 aromatic heterocycles. The summed E-state index contributed by atoms with van der Waals surface area (Å²) in [6.07, 6.45) is 0.964. The summed E-state index contributed by atoms with van der Waals surface area (Å²) in [6, 6.07) is 4.47. The standard InChI is InChI=1S/C15H22ClN3O/c1-18-3-4-19(14(8-17)10-18)9-12-7-13(16)6-11-2-5-20-15(11)12/h6-7,14H,2-5,8-10,17H2,1H3. The van der Waals surface area contributed by atoms with Gasteiger partial charge in [0.1, 0.15) is 5.75 Å². The van der Waals surface area contributed by atoms with Gasteiger partial charge < -0.3 is 15.4 Å². The molecule has 4 nitrogen and oxygen atoms in total. The van der Waals surface area contributed by atoms with Crippen LogP contribution in [0.3, 0.4) is 0 Å². The van der Waals surface area contributed by atoms with Crippen molar-refractivity contribution < 1.29 is 4.74 Å². The zero-order valence-electron chi connectivity index (χ0n) is 11.9. The van der Waals surface area contributed by atoms with Crippen LogP contribution in [0.5, 0.6) is 5.75 Å². The maximum Gasteiger partial charge on any atom is 0.127 e. The smallest absolute Gasteiger partial charge is 0.127 e. The van der Waals surface area contributed by atoms with Crippen molar-refractivity contribution in [2.75, 3.05) is 39.8 Å². The first-order valence-corrected chi connectivity index (χ1v) is 7.62. The fraction of sp³-hybridized carbons (Fsp3) is 0.600. The molecular formula is C15H22ClN3O. The molecule has 5 heteroatoms. The largest absolute Gasteiger partial charge is 0.493 e. The Morgan fingerprint density at radius 2 is 2.25 bits per heavy atom. The van der Waals surface area contributed by atoms with Gasteiger partial charge in [-0.05, 0) is 24.7 Å². The number of hydrogen-bond acceptors (Lipinski definition) is 4. The van der Waals surface area contributed by atoms with E-state index >= 15 is 0 Å². The molecule has 110 valence electrons. The average molecular weight is 296 g/mol. The lowest BCUT2D eigenvalue weighted by atomic mass is 10.1. The molecule has 0 bridgehead atoms. The van der Waals surface area contributed by atoms with Gasteiger partial charge in [0, 0.05) is 55.8 Å². The quantitative estimate of drug-likeness (QED) is 0.914. The molecule has 2 N–H and O–H groups in total. The van der Waals surface area contributed by atoms with Crippen LogP contribution in [-0.2, 0) is 13.0 Å². The van der Waals surface area contributed by atoms with Gasteiger partial charge in [0.15, 0.2) is 0 Å². The Morgan fingerprint density at radius 1 is 1.40 bits per heavy atom. The van der Waals surface area contributed by atoms with Crippen molar-refractivity contribution in [2.45, 2.75) is 19.0 Å². The van der Waals surface area contributed by atoms with Gasteiger partial charge in [-0.3, -0.25) is 4.90 Å². The molecule has 2 aliphatic rings. The number of benzene rings is 1. The van der Waals surface area contributed by atoms with Crippen molar-refractivity contribution in [1.29, 1.82) is 0 Å². The molecule has 1 fully saturated rings. The van der Waals surface area contributed by atoms with E-state index in [1.165, 1.54) is 11.1 Å². The first-order valence-electron chi connectivity index (χ1n) is 7.24. The molecule has 0 aliphatic carbocycles. The second kappa shape index (κ2) is 5.90. The van der Waals surface area contributed by atoms with Crippen LogP contribution in [0.15, 0.2) is 12.1 Å². The Kier molecular flexibility index (Phi) is 4.17. The summed E-state index contributed by atoms with van der Waals surface area (Å²) < 4.78 is 5.79. The number of nitrogens with two attached hydrogens (primary N) is 1. The minimum Gasteiger partial charge on any atom is -0.493 e. The summed E-state index contributed by atoms with van der Waals surface area (Å²) in [5.41, 5.74) is 8.37. The van der Waals surface area contributed by atoms with Crippen LogP contribution in [0.2, 0.25) is 5.02 Å². The Balaban J connectivity index is 1.80. The lowest BCUT2D eigenvalue weighted by Crippen LogP contribution is -2.54. The van der Waals surface area contributed by atoms with Crippen molar-refractivity contribution in [1.82, 2.24) is 9.80 Å². The first-order chi connectivity index (χ1) is 9.67. The van der Waals surface area contributed by atoms with Crippen LogP contribution in [0.25, 0.3) is 0 Å². The Hall–Kier alpha value is -0.810. The molecular weight excluding hydrogens is 274 g/mol. The summed E-state index contributed by atoms with van der Waals surface area (Å²) in [4.78, 5) is 4.79. The summed E-state index contributed by atoms with van der Waals surface area (Å²) in [5.74, 6) is 1.05. The fourth-order valence-electron chi connectivity index (χ4n) is 3.16.